The number of anilines is 1. The molecule has 5 rings (SSSR count). The van der Waals surface area contributed by atoms with Gasteiger partial charge >= 0.3 is 6.18 Å². The van der Waals surface area contributed by atoms with E-state index < -0.39 is 23.1 Å². The van der Waals surface area contributed by atoms with Gasteiger partial charge in [0, 0.05) is 56.5 Å². The van der Waals surface area contributed by atoms with Crippen LogP contribution in [-0.4, -0.2) is 62.7 Å². The van der Waals surface area contributed by atoms with E-state index in [1.54, 1.807) is 18.0 Å². The number of ketones is 1. The zero-order chi connectivity index (χ0) is 24.7. The minimum atomic E-state index is -4.63. The first-order valence-electron chi connectivity index (χ1n) is 11.0. The summed E-state index contributed by atoms with van der Waals surface area (Å²) in [6, 6.07) is 8.03. The summed E-state index contributed by atoms with van der Waals surface area (Å²) in [4.78, 5) is 43.4. The number of benzene rings is 1. The summed E-state index contributed by atoms with van der Waals surface area (Å²) in [7, 11) is 0. The Morgan fingerprint density at radius 2 is 1.80 bits per heavy atom. The van der Waals surface area contributed by atoms with Gasteiger partial charge in [-0.3, -0.25) is 9.59 Å². The Morgan fingerprint density at radius 1 is 1.06 bits per heavy atom. The Bertz CT molecular complexity index is 1420. The number of hydrogen-bond donors (Lipinski definition) is 2. The summed E-state index contributed by atoms with van der Waals surface area (Å²) in [6.07, 6.45) is -1.60. The van der Waals surface area contributed by atoms with E-state index in [0.29, 0.717) is 48.7 Å². The van der Waals surface area contributed by atoms with Crippen LogP contribution in [-0.2, 0) is 11.0 Å². The van der Waals surface area contributed by atoms with Crippen molar-refractivity contribution in [2.75, 3.05) is 31.1 Å². The lowest BCUT2D eigenvalue weighted by atomic mass is 9.99. The van der Waals surface area contributed by atoms with Crippen LogP contribution in [0.25, 0.3) is 22.6 Å². The molecule has 0 unspecified atom stereocenters. The molecule has 1 saturated heterocycles. The van der Waals surface area contributed by atoms with E-state index in [9.17, 15) is 22.8 Å². The predicted molar refractivity (Wildman–Crippen MR) is 123 cm³/mol. The zero-order valence-corrected chi connectivity index (χ0v) is 18.7. The van der Waals surface area contributed by atoms with Gasteiger partial charge in [0.1, 0.15) is 5.82 Å². The summed E-state index contributed by atoms with van der Waals surface area (Å²) >= 11 is 0. The molecule has 180 valence electrons. The second-order valence-electron chi connectivity index (χ2n) is 8.31. The Morgan fingerprint density at radius 3 is 2.51 bits per heavy atom. The van der Waals surface area contributed by atoms with Gasteiger partial charge in [-0.25, -0.2) is 9.97 Å². The maximum atomic E-state index is 13.3. The highest BCUT2D eigenvalue weighted by atomic mass is 19.4. The molecule has 0 spiro atoms. The summed E-state index contributed by atoms with van der Waals surface area (Å²) in [5.74, 6) is 0.495. The van der Waals surface area contributed by atoms with Crippen molar-refractivity contribution in [2.45, 2.75) is 13.1 Å². The van der Waals surface area contributed by atoms with Gasteiger partial charge in [0.25, 0.3) is 0 Å². The van der Waals surface area contributed by atoms with Crippen LogP contribution in [0.15, 0.2) is 48.8 Å². The van der Waals surface area contributed by atoms with Gasteiger partial charge in [0.05, 0.1) is 28.5 Å². The third-order valence-corrected chi connectivity index (χ3v) is 6.08. The first-order chi connectivity index (χ1) is 16.7. The molecule has 1 aliphatic rings. The molecule has 1 fully saturated rings. The van der Waals surface area contributed by atoms with Crippen LogP contribution in [0, 0.1) is 0 Å². The molecule has 4 heterocycles. The van der Waals surface area contributed by atoms with Crippen molar-refractivity contribution in [1.29, 1.82) is 0 Å². The third kappa shape index (κ3) is 4.36. The van der Waals surface area contributed by atoms with Crippen LogP contribution >= 0.6 is 0 Å². The van der Waals surface area contributed by atoms with E-state index >= 15 is 0 Å². The number of halogens is 3. The number of aromatic nitrogens is 4. The van der Waals surface area contributed by atoms with E-state index in [0.717, 1.165) is 11.9 Å². The van der Waals surface area contributed by atoms with Crippen molar-refractivity contribution < 1.29 is 22.8 Å². The number of piperazine rings is 1. The number of imidazole rings is 1. The van der Waals surface area contributed by atoms with Crippen molar-refractivity contribution >= 4 is 28.5 Å². The average Bonchev–Trinajstić information content (AvgIpc) is 3.50. The fourth-order valence-corrected chi connectivity index (χ4v) is 4.20. The van der Waals surface area contributed by atoms with Crippen LogP contribution in [0.1, 0.15) is 28.4 Å². The van der Waals surface area contributed by atoms with Gasteiger partial charge in [0.2, 0.25) is 5.91 Å². The minimum Gasteiger partial charge on any atom is -0.358 e. The first kappa shape index (κ1) is 22.6. The van der Waals surface area contributed by atoms with E-state index in [-0.39, 0.29) is 11.5 Å². The number of pyridine rings is 1. The largest absolute Gasteiger partial charge is 0.417 e. The molecule has 35 heavy (non-hydrogen) atoms. The van der Waals surface area contributed by atoms with Crippen molar-refractivity contribution in [1.82, 2.24) is 24.8 Å². The fourth-order valence-electron chi connectivity index (χ4n) is 4.20. The molecule has 1 aromatic carbocycles. The Balaban J connectivity index is 1.38. The highest BCUT2D eigenvalue weighted by Gasteiger charge is 2.35. The predicted octanol–water partition coefficient (Wildman–Crippen LogP) is 3.87. The molecule has 1 amide bonds. The lowest BCUT2D eigenvalue weighted by molar-refractivity contribution is -0.138. The minimum absolute atomic E-state index is 0.0516. The van der Waals surface area contributed by atoms with Crippen molar-refractivity contribution in [3.63, 3.8) is 0 Å². The number of H-pyrrole nitrogens is 2. The van der Waals surface area contributed by atoms with Gasteiger partial charge in [-0.05, 0) is 12.1 Å². The summed E-state index contributed by atoms with van der Waals surface area (Å²) in [5.41, 5.74) is 0.512. The standard InChI is InChI=1S/C24H21F3N6O2/c1-14(34)32-6-8-33(9-7-32)21-11-18-20(13-29-21)31-23(30-18)19-10-15(12-28-19)22(35)16-4-2-3-5-17(16)24(25,26)27/h2-5,10-13,28H,6-9H2,1H3,(H,30,31). The SMILES string of the molecule is CC(=O)N1CCN(c2cc3nc(-c4cc(C(=O)c5ccccc5C(F)(F)F)c[nH]4)[nH]c3cn2)CC1. The van der Waals surface area contributed by atoms with Crippen LogP contribution in [0.3, 0.4) is 0 Å². The van der Waals surface area contributed by atoms with Crippen LogP contribution < -0.4 is 4.90 Å². The number of fused-ring (bicyclic) bond motifs is 1. The van der Waals surface area contributed by atoms with Gasteiger partial charge < -0.3 is 19.8 Å². The molecular formula is C24H21F3N6O2. The highest BCUT2D eigenvalue weighted by molar-refractivity contribution is 6.10. The molecule has 4 aromatic rings. The Kier molecular flexibility index (Phi) is 5.54. The number of nitrogens with one attached hydrogen (secondary N) is 2. The van der Waals surface area contributed by atoms with Crippen molar-refractivity contribution in [2.24, 2.45) is 0 Å². The number of carbonyl (C=O) groups excluding carboxylic acids is 2. The van der Waals surface area contributed by atoms with Gasteiger partial charge in [-0.2, -0.15) is 13.2 Å². The number of hydrogen-bond acceptors (Lipinski definition) is 5. The van der Waals surface area contributed by atoms with Gasteiger partial charge in [-0.1, -0.05) is 18.2 Å². The number of carbonyl (C=O) groups is 2. The molecule has 0 saturated carbocycles. The molecule has 0 atom stereocenters. The summed E-state index contributed by atoms with van der Waals surface area (Å²) in [6.45, 7) is 4.13. The van der Waals surface area contributed by atoms with Gasteiger partial charge in [0.15, 0.2) is 11.6 Å². The molecule has 0 aliphatic carbocycles. The van der Waals surface area contributed by atoms with Crippen LogP contribution in [0.4, 0.5) is 19.0 Å². The molecule has 2 N–H and O–H groups in total. The quantitative estimate of drug-likeness (QED) is 0.431. The number of aromatic amines is 2. The topological polar surface area (TPSA) is 98.0 Å². The summed E-state index contributed by atoms with van der Waals surface area (Å²) < 4.78 is 40.0. The average molecular weight is 482 g/mol. The van der Waals surface area contributed by atoms with Gasteiger partial charge in [-0.15, -0.1) is 0 Å². The highest BCUT2D eigenvalue weighted by Crippen LogP contribution is 2.33. The van der Waals surface area contributed by atoms with E-state index in [4.69, 9.17) is 0 Å². The molecule has 8 nitrogen and oxygen atoms in total. The molecule has 1 aliphatic heterocycles. The lowest BCUT2D eigenvalue weighted by Crippen LogP contribution is -2.48. The van der Waals surface area contributed by atoms with E-state index in [1.165, 1.54) is 30.5 Å². The number of alkyl halides is 3. The molecule has 0 bridgehead atoms. The monoisotopic (exact) mass is 482 g/mol. The van der Waals surface area contributed by atoms with Crippen molar-refractivity contribution in [3.8, 4) is 11.5 Å². The number of rotatable bonds is 4. The second-order valence-corrected chi connectivity index (χ2v) is 8.31. The Labute approximate surface area is 197 Å². The van der Waals surface area contributed by atoms with E-state index in [2.05, 4.69) is 24.8 Å². The van der Waals surface area contributed by atoms with Crippen molar-refractivity contribution in [3.05, 3.63) is 65.5 Å². The van der Waals surface area contributed by atoms with Crippen LogP contribution in [0.5, 0.6) is 0 Å². The molecule has 0 radical (unpaired) electrons. The van der Waals surface area contributed by atoms with E-state index in [1.807, 2.05) is 6.07 Å². The first-order valence-corrected chi connectivity index (χ1v) is 11.0. The Hall–Kier alpha value is -4.15. The molecule has 3 aromatic heterocycles. The number of nitrogens with zero attached hydrogens (tertiary/aromatic N) is 4. The molecular weight excluding hydrogens is 461 g/mol. The number of amides is 1. The smallest absolute Gasteiger partial charge is 0.358 e. The van der Waals surface area contributed by atoms with Crippen LogP contribution in [0.2, 0.25) is 0 Å². The lowest BCUT2D eigenvalue weighted by Gasteiger charge is -2.34. The normalized spacial score (nSPS) is 14.5. The summed E-state index contributed by atoms with van der Waals surface area (Å²) in [5, 5.41) is 0. The third-order valence-electron chi connectivity index (χ3n) is 6.08. The zero-order valence-electron chi connectivity index (χ0n) is 18.7. The second kappa shape index (κ2) is 8.57. The maximum absolute atomic E-state index is 13.3. The maximum Gasteiger partial charge on any atom is 0.417 e. The molecule has 11 heteroatoms. The fraction of sp³-hybridized carbons (Fsp3) is 0.250.